The highest BCUT2D eigenvalue weighted by Crippen LogP contribution is 1.93. The van der Waals surface area contributed by atoms with Crippen LogP contribution in [0.3, 0.4) is 0 Å². The SMILES string of the molecule is CCOC(C)Cn1cc[nH]c1=O. The minimum absolute atomic E-state index is 0.0819. The van der Waals surface area contributed by atoms with E-state index in [0.29, 0.717) is 13.2 Å². The molecule has 1 N–H and O–H groups in total. The molecule has 0 bridgehead atoms. The Morgan fingerprint density at radius 3 is 3.00 bits per heavy atom. The van der Waals surface area contributed by atoms with Gasteiger partial charge in [-0.05, 0) is 13.8 Å². The Bertz CT molecular complexity index is 277. The summed E-state index contributed by atoms with van der Waals surface area (Å²) in [7, 11) is 0. The van der Waals surface area contributed by atoms with Crippen molar-refractivity contribution >= 4 is 0 Å². The van der Waals surface area contributed by atoms with Gasteiger partial charge in [0.1, 0.15) is 0 Å². The van der Waals surface area contributed by atoms with Gasteiger partial charge >= 0.3 is 5.69 Å². The van der Waals surface area contributed by atoms with Gasteiger partial charge in [-0.1, -0.05) is 0 Å². The molecule has 0 saturated heterocycles. The highest BCUT2D eigenvalue weighted by molar-refractivity contribution is 4.76. The zero-order valence-corrected chi connectivity index (χ0v) is 7.41. The van der Waals surface area contributed by atoms with Gasteiger partial charge in [0.2, 0.25) is 0 Å². The van der Waals surface area contributed by atoms with E-state index in [-0.39, 0.29) is 11.8 Å². The molecule has 1 rings (SSSR count). The van der Waals surface area contributed by atoms with Crippen LogP contribution < -0.4 is 5.69 Å². The van der Waals surface area contributed by atoms with Crippen molar-refractivity contribution < 1.29 is 4.74 Å². The molecule has 0 radical (unpaired) electrons. The lowest BCUT2D eigenvalue weighted by Crippen LogP contribution is -2.24. The van der Waals surface area contributed by atoms with E-state index in [4.69, 9.17) is 4.74 Å². The summed E-state index contributed by atoms with van der Waals surface area (Å²) in [5.41, 5.74) is -0.0819. The van der Waals surface area contributed by atoms with Gasteiger partial charge in [-0.2, -0.15) is 0 Å². The van der Waals surface area contributed by atoms with E-state index >= 15 is 0 Å². The van der Waals surface area contributed by atoms with Gasteiger partial charge in [0.25, 0.3) is 0 Å². The molecule has 0 aliphatic carbocycles. The molecular weight excluding hydrogens is 156 g/mol. The van der Waals surface area contributed by atoms with Crippen molar-refractivity contribution in [2.24, 2.45) is 0 Å². The predicted molar refractivity (Wildman–Crippen MR) is 46.1 cm³/mol. The van der Waals surface area contributed by atoms with E-state index in [1.807, 2.05) is 13.8 Å². The molecule has 1 heterocycles. The second-order valence-electron chi connectivity index (χ2n) is 2.68. The van der Waals surface area contributed by atoms with Crippen molar-refractivity contribution in [1.82, 2.24) is 9.55 Å². The number of aromatic amines is 1. The number of aromatic nitrogens is 2. The zero-order chi connectivity index (χ0) is 8.97. The van der Waals surface area contributed by atoms with Gasteiger partial charge in [0.15, 0.2) is 0 Å². The molecule has 0 aliphatic rings. The van der Waals surface area contributed by atoms with Gasteiger partial charge < -0.3 is 9.72 Å². The van der Waals surface area contributed by atoms with Gasteiger partial charge in [-0.25, -0.2) is 4.79 Å². The lowest BCUT2D eigenvalue weighted by Gasteiger charge is -2.10. The van der Waals surface area contributed by atoms with Crippen LogP contribution in [0.4, 0.5) is 0 Å². The monoisotopic (exact) mass is 170 g/mol. The molecule has 0 spiro atoms. The number of hydrogen-bond acceptors (Lipinski definition) is 2. The molecule has 0 aliphatic heterocycles. The Balaban J connectivity index is 2.52. The number of rotatable bonds is 4. The van der Waals surface area contributed by atoms with Crippen LogP contribution in [-0.4, -0.2) is 22.3 Å². The molecule has 1 aromatic heterocycles. The first-order valence-corrected chi connectivity index (χ1v) is 4.09. The van der Waals surface area contributed by atoms with Crippen molar-refractivity contribution in [2.75, 3.05) is 6.61 Å². The summed E-state index contributed by atoms with van der Waals surface area (Å²) in [6.07, 6.45) is 3.43. The van der Waals surface area contributed by atoms with Crippen LogP contribution in [0.5, 0.6) is 0 Å². The second kappa shape index (κ2) is 4.11. The molecule has 1 aromatic rings. The van der Waals surface area contributed by atoms with E-state index in [1.54, 1.807) is 17.0 Å². The van der Waals surface area contributed by atoms with Crippen LogP contribution in [-0.2, 0) is 11.3 Å². The number of hydrogen-bond donors (Lipinski definition) is 1. The van der Waals surface area contributed by atoms with E-state index in [9.17, 15) is 4.79 Å². The van der Waals surface area contributed by atoms with Gasteiger partial charge in [0, 0.05) is 19.0 Å². The molecule has 0 saturated carbocycles. The molecule has 1 unspecified atom stereocenters. The van der Waals surface area contributed by atoms with Gasteiger partial charge in [-0.3, -0.25) is 4.57 Å². The smallest absolute Gasteiger partial charge is 0.325 e. The van der Waals surface area contributed by atoms with Gasteiger partial charge in [-0.15, -0.1) is 0 Å². The topological polar surface area (TPSA) is 47.0 Å². The van der Waals surface area contributed by atoms with Crippen LogP contribution in [0.25, 0.3) is 0 Å². The standard InChI is InChI=1S/C8H14N2O2/c1-3-12-7(2)6-10-5-4-9-8(10)11/h4-5,7H,3,6H2,1-2H3,(H,9,11). The van der Waals surface area contributed by atoms with E-state index in [2.05, 4.69) is 4.98 Å². The predicted octanol–water partition coefficient (Wildman–Crippen LogP) is 0.601. The average Bonchev–Trinajstić information content (AvgIpc) is 2.37. The molecule has 0 aromatic carbocycles. The summed E-state index contributed by atoms with van der Waals surface area (Å²) in [6.45, 7) is 5.18. The summed E-state index contributed by atoms with van der Waals surface area (Å²) in [5.74, 6) is 0. The first-order chi connectivity index (χ1) is 5.74. The van der Waals surface area contributed by atoms with E-state index in [0.717, 1.165) is 0 Å². The first kappa shape index (κ1) is 9.06. The van der Waals surface area contributed by atoms with Crippen molar-refractivity contribution in [3.63, 3.8) is 0 Å². The number of nitrogens with one attached hydrogen (secondary N) is 1. The lowest BCUT2D eigenvalue weighted by molar-refractivity contribution is 0.0634. The summed E-state index contributed by atoms with van der Waals surface area (Å²) in [5, 5.41) is 0. The second-order valence-corrected chi connectivity index (χ2v) is 2.68. The Kier molecular flexibility index (Phi) is 3.10. The average molecular weight is 170 g/mol. The van der Waals surface area contributed by atoms with Crippen molar-refractivity contribution in [3.8, 4) is 0 Å². The van der Waals surface area contributed by atoms with Crippen molar-refractivity contribution in [1.29, 1.82) is 0 Å². The maximum Gasteiger partial charge on any atom is 0.325 e. The summed E-state index contributed by atoms with van der Waals surface area (Å²) in [4.78, 5) is 13.6. The molecule has 68 valence electrons. The van der Waals surface area contributed by atoms with E-state index < -0.39 is 0 Å². The fraction of sp³-hybridized carbons (Fsp3) is 0.625. The first-order valence-electron chi connectivity index (χ1n) is 4.09. The Hall–Kier alpha value is -1.03. The third-order valence-corrected chi connectivity index (χ3v) is 1.63. The molecule has 1 atom stereocenters. The quantitative estimate of drug-likeness (QED) is 0.719. The van der Waals surface area contributed by atoms with Crippen molar-refractivity contribution in [2.45, 2.75) is 26.5 Å². The summed E-state index contributed by atoms with van der Waals surface area (Å²) in [6, 6.07) is 0. The van der Waals surface area contributed by atoms with Crippen LogP contribution in [0.2, 0.25) is 0 Å². The maximum absolute atomic E-state index is 11.0. The number of nitrogens with zero attached hydrogens (tertiary/aromatic N) is 1. The highest BCUT2D eigenvalue weighted by Gasteiger charge is 2.03. The van der Waals surface area contributed by atoms with Crippen molar-refractivity contribution in [3.05, 3.63) is 22.9 Å². The van der Waals surface area contributed by atoms with Crippen LogP contribution >= 0.6 is 0 Å². The van der Waals surface area contributed by atoms with E-state index in [1.165, 1.54) is 0 Å². The molecule has 0 fully saturated rings. The number of ether oxygens (including phenoxy) is 1. The minimum Gasteiger partial charge on any atom is -0.377 e. The summed E-state index contributed by atoms with van der Waals surface area (Å²) >= 11 is 0. The Morgan fingerprint density at radius 1 is 1.75 bits per heavy atom. The largest absolute Gasteiger partial charge is 0.377 e. The van der Waals surface area contributed by atoms with Crippen LogP contribution in [0.15, 0.2) is 17.2 Å². The maximum atomic E-state index is 11.0. The lowest BCUT2D eigenvalue weighted by atomic mass is 10.4. The Morgan fingerprint density at radius 2 is 2.50 bits per heavy atom. The van der Waals surface area contributed by atoms with Gasteiger partial charge in [0.05, 0.1) is 12.6 Å². The third-order valence-electron chi connectivity index (χ3n) is 1.63. The fourth-order valence-electron chi connectivity index (χ4n) is 1.11. The molecule has 12 heavy (non-hydrogen) atoms. The number of imidazole rings is 1. The Labute approximate surface area is 71.2 Å². The molecular formula is C8H14N2O2. The molecule has 4 nitrogen and oxygen atoms in total. The fourth-order valence-corrected chi connectivity index (χ4v) is 1.11. The van der Waals surface area contributed by atoms with Crippen LogP contribution in [0, 0.1) is 0 Å². The third kappa shape index (κ3) is 2.23. The zero-order valence-electron chi connectivity index (χ0n) is 7.41. The molecule has 0 amide bonds. The van der Waals surface area contributed by atoms with Crippen LogP contribution in [0.1, 0.15) is 13.8 Å². The number of H-pyrrole nitrogens is 1. The molecule has 4 heteroatoms. The normalized spacial score (nSPS) is 13.2. The minimum atomic E-state index is -0.0819. The summed E-state index contributed by atoms with van der Waals surface area (Å²) < 4.78 is 6.89. The highest BCUT2D eigenvalue weighted by atomic mass is 16.5.